The van der Waals surface area contributed by atoms with Crippen molar-refractivity contribution in [3.63, 3.8) is 0 Å². The van der Waals surface area contributed by atoms with E-state index in [1.807, 2.05) is 48.5 Å². The SMILES string of the molecule is O=C(CCNCCCS(=O)(=O)O)N1Cc2ccccc2C#Cc2ccccc21. The van der Waals surface area contributed by atoms with Gasteiger partial charge in [-0.3, -0.25) is 9.35 Å². The number of anilines is 1. The summed E-state index contributed by atoms with van der Waals surface area (Å²) in [6.07, 6.45) is 0.568. The van der Waals surface area contributed by atoms with Gasteiger partial charge in [-0.25, -0.2) is 0 Å². The van der Waals surface area contributed by atoms with E-state index in [0.29, 0.717) is 26.1 Å². The maximum atomic E-state index is 12.9. The highest BCUT2D eigenvalue weighted by Gasteiger charge is 2.20. The normalized spacial score (nSPS) is 12.8. The number of carbonyl (C=O) groups excluding carboxylic acids is 1. The van der Waals surface area contributed by atoms with Crippen LogP contribution in [0, 0.1) is 11.8 Å². The maximum absolute atomic E-state index is 12.9. The standard InChI is InChI=1S/C21H22N2O4S/c24-21(12-14-22-13-5-15-28(25,26)27)23-16-19-8-2-1-6-17(19)10-11-18-7-3-4-9-20(18)23/h1-4,6-9,22H,5,12-16H2,(H,25,26,27). The van der Waals surface area contributed by atoms with E-state index in [1.54, 1.807) is 4.90 Å². The van der Waals surface area contributed by atoms with E-state index in [-0.39, 0.29) is 18.1 Å². The minimum Gasteiger partial charge on any atom is -0.316 e. The minimum atomic E-state index is -3.94. The van der Waals surface area contributed by atoms with Crippen LogP contribution in [-0.2, 0) is 21.5 Å². The molecule has 0 unspecified atom stereocenters. The van der Waals surface area contributed by atoms with Crippen LogP contribution in [0.25, 0.3) is 0 Å². The van der Waals surface area contributed by atoms with Crippen LogP contribution in [0.2, 0.25) is 0 Å². The minimum absolute atomic E-state index is 0.0340. The zero-order valence-corrected chi connectivity index (χ0v) is 16.2. The number of benzene rings is 2. The van der Waals surface area contributed by atoms with E-state index in [0.717, 1.165) is 22.4 Å². The summed E-state index contributed by atoms with van der Waals surface area (Å²) >= 11 is 0. The van der Waals surface area contributed by atoms with Crippen molar-refractivity contribution < 1.29 is 17.8 Å². The third-order valence-electron chi connectivity index (χ3n) is 4.45. The zero-order chi connectivity index (χ0) is 20.0. The van der Waals surface area contributed by atoms with Gasteiger partial charge in [-0.15, -0.1) is 0 Å². The Morgan fingerprint density at radius 3 is 2.50 bits per heavy atom. The third kappa shape index (κ3) is 5.42. The van der Waals surface area contributed by atoms with Crippen LogP contribution in [0.5, 0.6) is 0 Å². The number of fused-ring (bicyclic) bond motifs is 2. The Hall–Kier alpha value is -2.66. The van der Waals surface area contributed by atoms with E-state index in [2.05, 4.69) is 17.2 Å². The van der Waals surface area contributed by atoms with E-state index in [1.165, 1.54) is 0 Å². The quantitative estimate of drug-likeness (QED) is 0.424. The van der Waals surface area contributed by atoms with Crippen molar-refractivity contribution in [2.75, 3.05) is 23.7 Å². The van der Waals surface area contributed by atoms with E-state index < -0.39 is 10.1 Å². The molecule has 0 radical (unpaired) electrons. The molecule has 7 heteroatoms. The fourth-order valence-corrected chi connectivity index (χ4v) is 3.55. The molecule has 0 atom stereocenters. The lowest BCUT2D eigenvalue weighted by atomic mass is 10.0. The topological polar surface area (TPSA) is 86.7 Å². The molecule has 1 aliphatic heterocycles. The molecule has 0 fully saturated rings. The second-order valence-electron chi connectivity index (χ2n) is 6.54. The molecule has 2 aromatic rings. The monoisotopic (exact) mass is 398 g/mol. The highest BCUT2D eigenvalue weighted by molar-refractivity contribution is 7.85. The lowest BCUT2D eigenvalue weighted by Crippen LogP contribution is -2.34. The summed E-state index contributed by atoms with van der Waals surface area (Å²) in [6, 6.07) is 15.4. The van der Waals surface area contributed by atoms with Crippen LogP contribution in [-0.4, -0.2) is 37.7 Å². The second kappa shape index (κ2) is 9.02. The largest absolute Gasteiger partial charge is 0.316 e. The summed E-state index contributed by atoms with van der Waals surface area (Å²) in [7, 11) is -3.94. The van der Waals surface area contributed by atoms with Crippen molar-refractivity contribution in [1.82, 2.24) is 5.32 Å². The van der Waals surface area contributed by atoms with Gasteiger partial charge in [0.2, 0.25) is 5.91 Å². The highest BCUT2D eigenvalue weighted by atomic mass is 32.2. The molecule has 1 aliphatic rings. The lowest BCUT2D eigenvalue weighted by molar-refractivity contribution is -0.118. The molecule has 0 aromatic heterocycles. The molecule has 0 saturated heterocycles. The van der Waals surface area contributed by atoms with Crippen molar-refractivity contribution >= 4 is 21.7 Å². The molecule has 0 saturated carbocycles. The van der Waals surface area contributed by atoms with Crippen LogP contribution in [0.3, 0.4) is 0 Å². The van der Waals surface area contributed by atoms with Crippen molar-refractivity contribution in [2.24, 2.45) is 0 Å². The maximum Gasteiger partial charge on any atom is 0.264 e. The Morgan fingerprint density at radius 1 is 1.04 bits per heavy atom. The summed E-state index contributed by atoms with van der Waals surface area (Å²) in [4.78, 5) is 14.7. The molecule has 0 spiro atoms. The fourth-order valence-electron chi connectivity index (χ4n) is 3.04. The van der Waals surface area contributed by atoms with Crippen LogP contribution in [0.4, 0.5) is 5.69 Å². The van der Waals surface area contributed by atoms with Crippen molar-refractivity contribution in [1.29, 1.82) is 0 Å². The average Bonchev–Trinajstić information content (AvgIpc) is 2.65. The molecular weight excluding hydrogens is 376 g/mol. The van der Waals surface area contributed by atoms with Crippen LogP contribution < -0.4 is 10.2 Å². The summed E-state index contributed by atoms with van der Waals surface area (Å²) in [6.45, 7) is 1.29. The number of hydrogen-bond acceptors (Lipinski definition) is 4. The van der Waals surface area contributed by atoms with Gasteiger partial charge in [0.05, 0.1) is 18.0 Å². The Labute approximate surface area is 165 Å². The number of para-hydroxylation sites is 1. The summed E-state index contributed by atoms with van der Waals surface area (Å²) in [5.74, 6) is 6.03. The molecule has 6 nitrogen and oxygen atoms in total. The molecule has 3 rings (SSSR count). The van der Waals surface area contributed by atoms with E-state index >= 15 is 0 Å². The predicted octanol–water partition coefficient (Wildman–Crippen LogP) is 2.19. The van der Waals surface area contributed by atoms with Crippen molar-refractivity contribution in [3.8, 4) is 11.8 Å². The molecule has 2 aromatic carbocycles. The first-order chi connectivity index (χ1) is 13.4. The summed E-state index contributed by atoms with van der Waals surface area (Å²) in [5, 5.41) is 3.05. The zero-order valence-electron chi connectivity index (χ0n) is 15.4. The average molecular weight is 398 g/mol. The van der Waals surface area contributed by atoms with Crippen molar-refractivity contribution in [2.45, 2.75) is 19.4 Å². The Bertz CT molecular complexity index is 1020. The van der Waals surface area contributed by atoms with Crippen LogP contribution in [0.15, 0.2) is 48.5 Å². The third-order valence-corrected chi connectivity index (χ3v) is 5.25. The second-order valence-corrected chi connectivity index (χ2v) is 8.12. The first kappa shape index (κ1) is 20.1. The van der Waals surface area contributed by atoms with Crippen LogP contribution >= 0.6 is 0 Å². The van der Waals surface area contributed by atoms with Gasteiger partial charge in [0.25, 0.3) is 10.1 Å². The Morgan fingerprint density at radius 2 is 1.71 bits per heavy atom. The number of carbonyl (C=O) groups is 1. The molecule has 2 N–H and O–H groups in total. The molecule has 1 amide bonds. The van der Waals surface area contributed by atoms with Gasteiger partial charge in [0.15, 0.2) is 0 Å². The molecule has 1 heterocycles. The smallest absolute Gasteiger partial charge is 0.264 e. The van der Waals surface area contributed by atoms with Gasteiger partial charge >= 0.3 is 0 Å². The molecule has 0 aliphatic carbocycles. The Kier molecular flexibility index (Phi) is 6.47. The van der Waals surface area contributed by atoms with Crippen molar-refractivity contribution in [3.05, 3.63) is 65.2 Å². The van der Waals surface area contributed by atoms with Gasteiger partial charge in [-0.1, -0.05) is 42.2 Å². The first-order valence-corrected chi connectivity index (χ1v) is 10.7. The van der Waals surface area contributed by atoms with Gasteiger partial charge in [0, 0.05) is 24.1 Å². The molecule has 0 bridgehead atoms. The van der Waals surface area contributed by atoms with E-state index in [4.69, 9.17) is 4.55 Å². The Balaban J connectivity index is 1.69. The number of rotatable bonds is 7. The summed E-state index contributed by atoms with van der Waals surface area (Å²) < 4.78 is 30.2. The summed E-state index contributed by atoms with van der Waals surface area (Å²) in [5.41, 5.74) is 3.52. The predicted molar refractivity (Wildman–Crippen MR) is 109 cm³/mol. The first-order valence-electron chi connectivity index (χ1n) is 9.09. The van der Waals surface area contributed by atoms with Gasteiger partial charge in [-0.2, -0.15) is 8.42 Å². The van der Waals surface area contributed by atoms with Gasteiger partial charge < -0.3 is 10.2 Å². The van der Waals surface area contributed by atoms with Crippen LogP contribution in [0.1, 0.15) is 29.5 Å². The number of hydrogen-bond donors (Lipinski definition) is 2. The van der Waals surface area contributed by atoms with E-state index in [9.17, 15) is 13.2 Å². The van der Waals surface area contributed by atoms with Gasteiger partial charge in [0.1, 0.15) is 0 Å². The fraction of sp³-hybridized carbons (Fsp3) is 0.286. The number of amides is 1. The number of nitrogens with one attached hydrogen (secondary N) is 1. The molecule has 146 valence electrons. The van der Waals surface area contributed by atoms with Gasteiger partial charge in [-0.05, 0) is 36.7 Å². The lowest BCUT2D eigenvalue weighted by Gasteiger charge is -2.26. The molecule has 28 heavy (non-hydrogen) atoms. The molecular formula is C21H22N2O4S. The highest BCUT2D eigenvalue weighted by Crippen LogP contribution is 2.25. The number of nitrogens with zero attached hydrogens (tertiary/aromatic N) is 1.